The summed E-state index contributed by atoms with van der Waals surface area (Å²) in [6, 6.07) is 0. The molecule has 0 aliphatic rings. The summed E-state index contributed by atoms with van der Waals surface area (Å²) in [4.78, 5) is 11.1. The topological polar surface area (TPSA) is 58.6 Å². The molecule has 82 valence electrons. The number of amides is 1. The number of rotatable bonds is 9. The summed E-state index contributed by atoms with van der Waals surface area (Å²) >= 11 is 0. The van der Waals surface area contributed by atoms with Crippen LogP contribution in [0.25, 0.3) is 0 Å². The first-order valence-corrected chi connectivity index (χ1v) is 4.91. The Balaban J connectivity index is 3.14. The Morgan fingerprint density at radius 2 is 2.21 bits per heavy atom. The zero-order valence-electron chi connectivity index (χ0n) is 8.50. The lowest BCUT2D eigenvalue weighted by Gasteiger charge is -2.04. The molecule has 0 radical (unpaired) electrons. The fraction of sp³-hybridized carbons (Fsp3) is 0.700. The molecule has 0 rings (SSSR count). The molecule has 0 fully saturated rings. The van der Waals surface area contributed by atoms with Crippen molar-refractivity contribution in [3.63, 3.8) is 0 Å². The van der Waals surface area contributed by atoms with Crippen molar-refractivity contribution in [3.05, 3.63) is 12.8 Å². The molecule has 0 atom stereocenters. The van der Waals surface area contributed by atoms with E-state index in [0.29, 0.717) is 26.0 Å². The number of ether oxygens (including phenoxy) is 1. The van der Waals surface area contributed by atoms with E-state index in [1.54, 1.807) is 0 Å². The van der Waals surface area contributed by atoms with Gasteiger partial charge in [0.2, 0.25) is 5.91 Å². The van der Waals surface area contributed by atoms with Crippen LogP contribution in [0.1, 0.15) is 25.7 Å². The van der Waals surface area contributed by atoms with Gasteiger partial charge in [-0.05, 0) is 19.3 Å². The van der Waals surface area contributed by atoms with Crippen molar-refractivity contribution in [1.29, 1.82) is 0 Å². The molecule has 0 unspecified atom stereocenters. The highest BCUT2D eigenvalue weighted by Crippen LogP contribution is 1.93. The summed E-state index contributed by atoms with van der Waals surface area (Å²) in [5.41, 5.74) is 0. The molecule has 2 N–H and O–H groups in total. The lowest BCUT2D eigenvalue weighted by Crippen LogP contribution is -2.24. The van der Waals surface area contributed by atoms with Crippen LogP contribution < -0.4 is 5.32 Å². The second kappa shape index (κ2) is 10.1. The Morgan fingerprint density at radius 3 is 2.86 bits per heavy atom. The fourth-order valence-electron chi connectivity index (χ4n) is 0.952. The van der Waals surface area contributed by atoms with Crippen LogP contribution in [-0.4, -0.2) is 30.8 Å². The van der Waals surface area contributed by atoms with Gasteiger partial charge < -0.3 is 15.2 Å². The first-order chi connectivity index (χ1) is 6.81. The van der Waals surface area contributed by atoms with Crippen molar-refractivity contribution >= 4 is 5.91 Å². The molecule has 0 aromatic heterocycles. The summed E-state index contributed by atoms with van der Waals surface area (Å²) in [7, 11) is 0. The van der Waals surface area contributed by atoms with Crippen LogP contribution in [0.4, 0.5) is 0 Å². The predicted octanol–water partition coefficient (Wildman–Crippen LogP) is 0.815. The third kappa shape index (κ3) is 9.06. The molecule has 0 aliphatic carbocycles. The number of hydrogen-bond acceptors (Lipinski definition) is 3. The molecule has 4 nitrogen and oxygen atoms in total. The van der Waals surface area contributed by atoms with E-state index >= 15 is 0 Å². The quantitative estimate of drug-likeness (QED) is 0.429. The first-order valence-electron chi connectivity index (χ1n) is 4.91. The van der Waals surface area contributed by atoms with Crippen LogP contribution in [0, 0.1) is 0 Å². The summed E-state index contributed by atoms with van der Waals surface area (Å²) in [6.45, 7) is 4.78. The van der Waals surface area contributed by atoms with Crippen LogP contribution in [0.5, 0.6) is 0 Å². The highest BCUT2D eigenvalue weighted by molar-refractivity contribution is 5.75. The largest absolute Gasteiger partial charge is 0.502 e. The second-order valence-corrected chi connectivity index (χ2v) is 2.92. The van der Waals surface area contributed by atoms with Crippen molar-refractivity contribution in [2.24, 2.45) is 0 Å². The number of hydrogen-bond donors (Lipinski definition) is 2. The molecule has 0 saturated carbocycles. The Hall–Kier alpha value is -1.03. The molecule has 4 heteroatoms. The lowest BCUT2D eigenvalue weighted by molar-refractivity contribution is -0.121. The monoisotopic (exact) mass is 201 g/mol. The highest BCUT2D eigenvalue weighted by atomic mass is 16.5. The summed E-state index contributed by atoms with van der Waals surface area (Å²) < 4.78 is 4.89. The van der Waals surface area contributed by atoms with Crippen LogP contribution in [-0.2, 0) is 9.53 Å². The molecule has 14 heavy (non-hydrogen) atoms. The van der Waals surface area contributed by atoms with E-state index < -0.39 is 0 Å². The number of carbonyl (C=O) groups is 1. The number of carbonyl (C=O) groups excluding carboxylic acids is 1. The number of aliphatic hydroxyl groups is 1. The van der Waals surface area contributed by atoms with Gasteiger partial charge in [-0.25, -0.2) is 0 Å². The fourth-order valence-corrected chi connectivity index (χ4v) is 0.952. The van der Waals surface area contributed by atoms with E-state index in [9.17, 15) is 4.79 Å². The lowest BCUT2D eigenvalue weighted by atomic mass is 10.2. The van der Waals surface area contributed by atoms with Gasteiger partial charge in [0, 0.05) is 19.6 Å². The second-order valence-electron chi connectivity index (χ2n) is 2.92. The molecule has 0 bridgehead atoms. The Morgan fingerprint density at radius 1 is 1.43 bits per heavy atom. The van der Waals surface area contributed by atoms with E-state index in [1.165, 1.54) is 6.26 Å². The molecular formula is C10H19NO3. The maximum atomic E-state index is 11.1. The standard InChI is InChI=1S/C10H19NO3/c1-2-14-9-5-7-11-10(13)6-3-4-8-12/h2,12H,1,3-9H2,(H,11,13). The summed E-state index contributed by atoms with van der Waals surface area (Å²) in [5, 5.41) is 11.3. The van der Waals surface area contributed by atoms with Gasteiger partial charge in [0.25, 0.3) is 0 Å². The van der Waals surface area contributed by atoms with E-state index in [2.05, 4.69) is 11.9 Å². The highest BCUT2D eigenvalue weighted by Gasteiger charge is 1.99. The van der Waals surface area contributed by atoms with E-state index in [1.807, 2.05) is 0 Å². The van der Waals surface area contributed by atoms with Crippen LogP contribution >= 0.6 is 0 Å². The number of nitrogens with one attached hydrogen (secondary N) is 1. The summed E-state index contributed by atoms with van der Waals surface area (Å²) in [6.07, 6.45) is 4.10. The van der Waals surface area contributed by atoms with Gasteiger partial charge in [0.15, 0.2) is 0 Å². The van der Waals surface area contributed by atoms with Gasteiger partial charge in [-0.15, -0.1) is 0 Å². The van der Waals surface area contributed by atoms with Crippen molar-refractivity contribution in [3.8, 4) is 0 Å². The van der Waals surface area contributed by atoms with Gasteiger partial charge in [-0.1, -0.05) is 6.58 Å². The Kier molecular flexibility index (Phi) is 9.31. The first kappa shape index (κ1) is 13.0. The number of aliphatic hydroxyl groups excluding tert-OH is 1. The molecule has 0 heterocycles. The zero-order chi connectivity index (χ0) is 10.6. The number of unbranched alkanes of at least 4 members (excludes halogenated alkanes) is 1. The molecule has 0 saturated heterocycles. The molecule has 0 aliphatic heterocycles. The van der Waals surface area contributed by atoms with Crippen LogP contribution in [0.15, 0.2) is 12.8 Å². The molecule has 0 aromatic rings. The molecular weight excluding hydrogens is 182 g/mol. The third-order valence-electron chi connectivity index (χ3n) is 1.69. The van der Waals surface area contributed by atoms with Crippen LogP contribution in [0.3, 0.4) is 0 Å². The SMILES string of the molecule is C=COCCCNC(=O)CCCCO. The molecule has 1 amide bonds. The van der Waals surface area contributed by atoms with Crippen molar-refractivity contribution < 1.29 is 14.6 Å². The minimum atomic E-state index is 0.0389. The zero-order valence-corrected chi connectivity index (χ0v) is 8.50. The average Bonchev–Trinajstić information content (AvgIpc) is 2.18. The normalized spacial score (nSPS) is 9.50. The average molecular weight is 201 g/mol. The van der Waals surface area contributed by atoms with Gasteiger partial charge in [0.05, 0.1) is 12.9 Å². The van der Waals surface area contributed by atoms with Gasteiger partial charge in [0.1, 0.15) is 0 Å². The molecule has 0 aromatic carbocycles. The van der Waals surface area contributed by atoms with Gasteiger partial charge in [-0.2, -0.15) is 0 Å². The van der Waals surface area contributed by atoms with E-state index in [0.717, 1.165) is 12.8 Å². The minimum absolute atomic E-state index is 0.0389. The summed E-state index contributed by atoms with van der Waals surface area (Å²) in [5.74, 6) is 0.0389. The smallest absolute Gasteiger partial charge is 0.219 e. The Labute approximate surface area is 85.0 Å². The maximum absolute atomic E-state index is 11.1. The Bertz CT molecular complexity index is 159. The minimum Gasteiger partial charge on any atom is -0.502 e. The third-order valence-corrected chi connectivity index (χ3v) is 1.69. The van der Waals surface area contributed by atoms with Crippen molar-refractivity contribution in [2.75, 3.05) is 19.8 Å². The predicted molar refractivity (Wildman–Crippen MR) is 54.7 cm³/mol. The van der Waals surface area contributed by atoms with Crippen LogP contribution in [0.2, 0.25) is 0 Å². The maximum Gasteiger partial charge on any atom is 0.219 e. The van der Waals surface area contributed by atoms with E-state index in [-0.39, 0.29) is 12.5 Å². The van der Waals surface area contributed by atoms with Crippen molar-refractivity contribution in [1.82, 2.24) is 5.32 Å². The molecule has 0 spiro atoms. The van der Waals surface area contributed by atoms with E-state index in [4.69, 9.17) is 9.84 Å². The van der Waals surface area contributed by atoms with Gasteiger partial charge in [-0.3, -0.25) is 4.79 Å². The van der Waals surface area contributed by atoms with Crippen molar-refractivity contribution in [2.45, 2.75) is 25.7 Å². The van der Waals surface area contributed by atoms with Gasteiger partial charge >= 0.3 is 0 Å².